The highest BCUT2D eigenvalue weighted by Crippen LogP contribution is 2.03. The van der Waals surface area contributed by atoms with E-state index in [1.807, 2.05) is 0 Å². The van der Waals surface area contributed by atoms with Crippen LogP contribution < -0.4 is 5.32 Å². The summed E-state index contributed by atoms with van der Waals surface area (Å²) in [6.07, 6.45) is 3.39. The van der Waals surface area contributed by atoms with Gasteiger partial charge in [0.2, 0.25) is 0 Å². The molecule has 1 aromatic heterocycles. The van der Waals surface area contributed by atoms with E-state index in [9.17, 15) is 14.4 Å². The lowest BCUT2D eigenvalue weighted by atomic mass is 10.1. The lowest BCUT2D eigenvalue weighted by Gasteiger charge is -2.15. The number of rotatable bonds is 6. The number of Topliss-reactive ketones (excluding diaryl/α,β-unsaturated/α-hetero) is 1. The molecule has 1 heterocycles. The largest absolute Gasteiger partial charge is 0.467 e. The quantitative estimate of drug-likeness (QED) is 0.765. The molecule has 0 saturated heterocycles. The van der Waals surface area contributed by atoms with Gasteiger partial charge in [0.1, 0.15) is 11.8 Å². The minimum atomic E-state index is -0.824. The number of carbonyl (C=O) groups excluding carboxylic acids is 3. The summed E-state index contributed by atoms with van der Waals surface area (Å²) in [7, 11) is 1.24. The Bertz CT molecular complexity index is 459. The molecule has 1 amide bonds. The van der Waals surface area contributed by atoms with Crippen LogP contribution in [0.25, 0.3) is 0 Å². The number of hydrogen-bond donors (Lipinski definition) is 1. The molecule has 102 valence electrons. The van der Waals surface area contributed by atoms with Crippen LogP contribution in [0.5, 0.6) is 0 Å². The molecule has 0 fully saturated rings. The fraction of sp³-hybridized carbons (Fsp3) is 0.385. The minimum Gasteiger partial charge on any atom is -0.467 e. The molecule has 0 aliphatic heterocycles. The second kappa shape index (κ2) is 7.25. The normalized spacial score (nSPS) is 11.5. The molecule has 0 aromatic carbocycles. The van der Waals surface area contributed by atoms with Gasteiger partial charge in [-0.05, 0) is 25.5 Å². The standard InChI is InChI=1S/C13H16N2O4/c1-9(16)3-4-11(13(18)19-2)15-12(17)10-5-7-14-8-6-10/h5-8,11H,3-4H2,1-2H3,(H,15,17)/t11-/m1/s1. The Labute approximate surface area is 111 Å². The van der Waals surface area contributed by atoms with Crippen LogP contribution in [-0.4, -0.2) is 35.8 Å². The van der Waals surface area contributed by atoms with Crippen LogP contribution in [0.1, 0.15) is 30.1 Å². The van der Waals surface area contributed by atoms with Crippen LogP contribution in [-0.2, 0) is 14.3 Å². The molecule has 0 unspecified atom stereocenters. The van der Waals surface area contributed by atoms with Crippen LogP contribution >= 0.6 is 0 Å². The van der Waals surface area contributed by atoms with E-state index >= 15 is 0 Å². The van der Waals surface area contributed by atoms with Crippen molar-refractivity contribution in [2.75, 3.05) is 7.11 Å². The smallest absolute Gasteiger partial charge is 0.328 e. The third kappa shape index (κ3) is 4.87. The Morgan fingerprint density at radius 3 is 2.47 bits per heavy atom. The average Bonchev–Trinajstić information content (AvgIpc) is 2.43. The van der Waals surface area contributed by atoms with Crippen molar-refractivity contribution in [2.24, 2.45) is 0 Å². The highest BCUT2D eigenvalue weighted by atomic mass is 16.5. The van der Waals surface area contributed by atoms with E-state index in [1.54, 1.807) is 0 Å². The second-order valence-electron chi connectivity index (χ2n) is 4.03. The molecule has 1 rings (SSSR count). The highest BCUT2D eigenvalue weighted by Gasteiger charge is 2.22. The molecule has 0 bridgehead atoms. The Hall–Kier alpha value is -2.24. The van der Waals surface area contributed by atoms with Crippen molar-refractivity contribution in [3.8, 4) is 0 Å². The zero-order chi connectivity index (χ0) is 14.3. The van der Waals surface area contributed by atoms with Gasteiger partial charge >= 0.3 is 5.97 Å². The minimum absolute atomic E-state index is 0.0490. The molecule has 19 heavy (non-hydrogen) atoms. The molecular formula is C13H16N2O4. The van der Waals surface area contributed by atoms with Crippen molar-refractivity contribution in [2.45, 2.75) is 25.8 Å². The Kier molecular flexibility index (Phi) is 5.66. The van der Waals surface area contributed by atoms with E-state index in [1.165, 1.54) is 38.6 Å². The lowest BCUT2D eigenvalue weighted by Crippen LogP contribution is -2.41. The predicted octanol–water partition coefficient (Wildman–Crippen LogP) is 0.722. The summed E-state index contributed by atoms with van der Waals surface area (Å²) in [4.78, 5) is 38.2. The number of esters is 1. The number of methoxy groups -OCH3 is 1. The van der Waals surface area contributed by atoms with Gasteiger partial charge in [0.15, 0.2) is 0 Å². The first-order chi connectivity index (χ1) is 9.04. The molecule has 1 N–H and O–H groups in total. The van der Waals surface area contributed by atoms with Crippen molar-refractivity contribution < 1.29 is 19.1 Å². The maximum atomic E-state index is 11.9. The third-order valence-electron chi connectivity index (χ3n) is 2.52. The number of pyridine rings is 1. The summed E-state index contributed by atoms with van der Waals surface area (Å²) in [6.45, 7) is 1.43. The summed E-state index contributed by atoms with van der Waals surface area (Å²) in [5, 5.41) is 2.55. The fourth-order valence-corrected chi connectivity index (χ4v) is 1.48. The van der Waals surface area contributed by atoms with E-state index in [-0.39, 0.29) is 18.6 Å². The molecular weight excluding hydrogens is 248 g/mol. The topological polar surface area (TPSA) is 85.4 Å². The number of hydrogen-bond acceptors (Lipinski definition) is 5. The van der Waals surface area contributed by atoms with Gasteiger partial charge < -0.3 is 14.8 Å². The monoisotopic (exact) mass is 264 g/mol. The van der Waals surface area contributed by atoms with Crippen LogP contribution in [0.4, 0.5) is 0 Å². The van der Waals surface area contributed by atoms with E-state index < -0.39 is 17.9 Å². The molecule has 1 atom stereocenters. The van der Waals surface area contributed by atoms with Gasteiger partial charge in [0, 0.05) is 24.4 Å². The Balaban J connectivity index is 2.69. The highest BCUT2D eigenvalue weighted by molar-refractivity contribution is 5.96. The summed E-state index contributed by atoms with van der Waals surface area (Å²) >= 11 is 0. The van der Waals surface area contributed by atoms with Gasteiger partial charge in [-0.15, -0.1) is 0 Å². The number of amides is 1. The second-order valence-corrected chi connectivity index (χ2v) is 4.03. The maximum absolute atomic E-state index is 11.9. The van der Waals surface area contributed by atoms with Gasteiger partial charge in [0.25, 0.3) is 5.91 Å². The van der Waals surface area contributed by atoms with Crippen LogP contribution in [0.15, 0.2) is 24.5 Å². The molecule has 0 aliphatic carbocycles. The Morgan fingerprint density at radius 2 is 1.95 bits per heavy atom. The van der Waals surface area contributed by atoms with Gasteiger partial charge in [-0.3, -0.25) is 9.78 Å². The van der Waals surface area contributed by atoms with Crippen LogP contribution in [0.2, 0.25) is 0 Å². The van der Waals surface area contributed by atoms with Gasteiger partial charge in [0.05, 0.1) is 7.11 Å². The first kappa shape index (κ1) is 14.8. The zero-order valence-corrected chi connectivity index (χ0v) is 10.9. The van der Waals surface area contributed by atoms with Gasteiger partial charge in [-0.1, -0.05) is 0 Å². The SMILES string of the molecule is COC(=O)[C@@H](CCC(C)=O)NC(=O)c1ccncc1. The average molecular weight is 264 g/mol. The number of ketones is 1. The first-order valence-electron chi connectivity index (χ1n) is 5.82. The number of nitrogens with one attached hydrogen (secondary N) is 1. The number of aromatic nitrogens is 1. The number of ether oxygens (including phenoxy) is 1. The van der Waals surface area contributed by atoms with E-state index in [0.29, 0.717) is 5.56 Å². The van der Waals surface area contributed by atoms with Crippen LogP contribution in [0.3, 0.4) is 0 Å². The molecule has 0 saturated carbocycles. The third-order valence-corrected chi connectivity index (χ3v) is 2.52. The van der Waals surface area contributed by atoms with E-state index in [4.69, 9.17) is 0 Å². The number of carbonyl (C=O) groups is 3. The maximum Gasteiger partial charge on any atom is 0.328 e. The summed E-state index contributed by atoms with van der Waals surface area (Å²) < 4.78 is 4.60. The van der Waals surface area contributed by atoms with E-state index in [0.717, 1.165) is 0 Å². The molecule has 1 aromatic rings. The molecule has 6 heteroatoms. The van der Waals surface area contributed by atoms with Crippen molar-refractivity contribution in [3.63, 3.8) is 0 Å². The zero-order valence-electron chi connectivity index (χ0n) is 10.9. The first-order valence-corrected chi connectivity index (χ1v) is 5.82. The fourth-order valence-electron chi connectivity index (χ4n) is 1.48. The van der Waals surface area contributed by atoms with Gasteiger partial charge in [-0.2, -0.15) is 0 Å². The summed E-state index contributed by atoms with van der Waals surface area (Å²) in [5.41, 5.74) is 0.395. The van der Waals surface area contributed by atoms with Gasteiger partial charge in [-0.25, -0.2) is 4.79 Å². The van der Waals surface area contributed by atoms with Crippen molar-refractivity contribution in [1.29, 1.82) is 0 Å². The number of nitrogens with zero attached hydrogens (tertiary/aromatic N) is 1. The van der Waals surface area contributed by atoms with Crippen molar-refractivity contribution in [1.82, 2.24) is 10.3 Å². The predicted molar refractivity (Wildman–Crippen MR) is 67.4 cm³/mol. The van der Waals surface area contributed by atoms with Crippen LogP contribution in [0, 0.1) is 0 Å². The van der Waals surface area contributed by atoms with Crippen molar-refractivity contribution >= 4 is 17.7 Å². The summed E-state index contributed by atoms with van der Waals surface area (Å²) in [6, 6.07) is 2.25. The molecule has 0 aliphatic rings. The lowest BCUT2D eigenvalue weighted by molar-refractivity contribution is -0.143. The molecule has 6 nitrogen and oxygen atoms in total. The summed E-state index contributed by atoms with van der Waals surface area (Å²) in [5.74, 6) is -1.02. The molecule has 0 spiro atoms. The van der Waals surface area contributed by atoms with E-state index in [2.05, 4.69) is 15.0 Å². The Morgan fingerprint density at radius 1 is 1.32 bits per heavy atom. The molecule has 0 radical (unpaired) electrons. The van der Waals surface area contributed by atoms with Crippen molar-refractivity contribution in [3.05, 3.63) is 30.1 Å².